The molecule has 5 unspecified atom stereocenters. The van der Waals surface area contributed by atoms with Gasteiger partial charge in [0.25, 0.3) is 5.56 Å². The van der Waals surface area contributed by atoms with Gasteiger partial charge in [-0.2, -0.15) is 4.98 Å². The number of hydrogen-bond donors (Lipinski definition) is 4. The molecule has 0 radical (unpaired) electrons. The van der Waals surface area contributed by atoms with Gasteiger partial charge in [0.2, 0.25) is 5.95 Å². The van der Waals surface area contributed by atoms with Crippen molar-refractivity contribution in [1.82, 2.24) is 24.6 Å². The minimum atomic E-state index is -4.27. The molecule has 172 valence electrons. The zero-order valence-electron chi connectivity index (χ0n) is 17.6. The molecule has 13 nitrogen and oxygen atoms in total. The van der Waals surface area contributed by atoms with Crippen molar-refractivity contribution in [3.05, 3.63) is 16.7 Å². The van der Waals surface area contributed by atoms with E-state index in [1.807, 2.05) is 6.92 Å². The van der Waals surface area contributed by atoms with Crippen LogP contribution in [0.25, 0.3) is 11.2 Å². The maximum atomic E-state index is 12.3. The summed E-state index contributed by atoms with van der Waals surface area (Å²) in [4.78, 5) is 44.4. The number of imidazole rings is 1. The first-order valence-corrected chi connectivity index (χ1v) is 11.4. The zero-order valence-corrected chi connectivity index (χ0v) is 18.5. The highest BCUT2D eigenvalue weighted by molar-refractivity contribution is 7.50. The number of nitrogens with two attached hydrogens (primary N) is 1. The monoisotopic (exact) mass is 458 g/mol. The number of nitrogens with zero attached hydrogens (tertiary/aromatic N) is 3. The number of nitrogens with one attached hydrogen (secondary N) is 2. The second-order valence-corrected chi connectivity index (χ2v) is 9.35. The zero-order chi connectivity index (χ0) is 22.9. The number of anilines is 1. The van der Waals surface area contributed by atoms with Gasteiger partial charge in [0.1, 0.15) is 12.3 Å². The lowest BCUT2D eigenvalue weighted by atomic mass is 10.1. The summed E-state index contributed by atoms with van der Waals surface area (Å²) in [5.41, 5.74) is 5.59. The van der Waals surface area contributed by atoms with Crippen molar-refractivity contribution in [3.8, 4) is 0 Å². The maximum absolute atomic E-state index is 12.3. The van der Waals surface area contributed by atoms with Gasteiger partial charge in [-0.15, -0.1) is 0 Å². The van der Waals surface area contributed by atoms with Crippen LogP contribution in [0.15, 0.2) is 11.1 Å². The number of H-pyrrole nitrogens is 1. The van der Waals surface area contributed by atoms with Gasteiger partial charge in [-0.1, -0.05) is 6.92 Å². The number of nitrogen functional groups attached to an aromatic ring is 1. The van der Waals surface area contributed by atoms with Crippen molar-refractivity contribution in [2.24, 2.45) is 5.92 Å². The Morgan fingerprint density at radius 2 is 2.23 bits per heavy atom. The van der Waals surface area contributed by atoms with Crippen LogP contribution in [0.2, 0.25) is 0 Å². The van der Waals surface area contributed by atoms with Crippen molar-refractivity contribution >= 4 is 30.8 Å². The van der Waals surface area contributed by atoms with Crippen LogP contribution in [0.1, 0.15) is 40.3 Å². The Kier molecular flexibility index (Phi) is 6.82. The number of carbonyl (C=O) groups is 1. The van der Waals surface area contributed by atoms with Gasteiger partial charge >= 0.3 is 13.7 Å². The highest BCUT2D eigenvalue weighted by Gasteiger charge is 2.37. The molecule has 2 aromatic rings. The van der Waals surface area contributed by atoms with Crippen LogP contribution in [-0.4, -0.2) is 55.2 Å². The molecule has 3 rings (SSSR count). The topological polar surface area (TPSA) is 184 Å². The molecule has 0 amide bonds. The van der Waals surface area contributed by atoms with Crippen LogP contribution in [0.4, 0.5) is 5.95 Å². The Balaban J connectivity index is 1.62. The predicted octanol–water partition coefficient (Wildman–Crippen LogP) is 0.672. The fraction of sp³-hybridized carbons (Fsp3) is 0.647. The van der Waals surface area contributed by atoms with Crippen LogP contribution in [0, 0.1) is 5.92 Å². The van der Waals surface area contributed by atoms with Gasteiger partial charge in [0.15, 0.2) is 11.2 Å². The van der Waals surface area contributed by atoms with E-state index in [-0.39, 0.29) is 35.7 Å². The lowest BCUT2D eigenvalue weighted by Crippen LogP contribution is -2.35. The average Bonchev–Trinajstić information content (AvgIpc) is 3.22. The average molecular weight is 458 g/mol. The van der Waals surface area contributed by atoms with Gasteiger partial charge in [0, 0.05) is 5.92 Å². The minimum absolute atomic E-state index is 0.0284. The van der Waals surface area contributed by atoms with Crippen LogP contribution in [0.5, 0.6) is 0 Å². The van der Waals surface area contributed by atoms with E-state index >= 15 is 0 Å². The highest BCUT2D eigenvalue weighted by Crippen LogP contribution is 2.41. The summed E-state index contributed by atoms with van der Waals surface area (Å²) in [5, 5.41) is 2.25. The Bertz CT molecular complexity index is 1050. The van der Waals surface area contributed by atoms with Gasteiger partial charge in [-0.3, -0.25) is 23.7 Å². The lowest BCUT2D eigenvalue weighted by molar-refractivity contribution is -0.149. The fourth-order valence-electron chi connectivity index (χ4n) is 3.35. The first-order valence-electron chi connectivity index (χ1n) is 9.80. The van der Waals surface area contributed by atoms with Gasteiger partial charge in [0.05, 0.1) is 25.1 Å². The largest absolute Gasteiger partial charge is 0.462 e. The summed E-state index contributed by atoms with van der Waals surface area (Å²) in [5.74, 6) is -0.728. The van der Waals surface area contributed by atoms with E-state index in [1.54, 1.807) is 18.4 Å². The van der Waals surface area contributed by atoms with Crippen molar-refractivity contribution in [3.63, 3.8) is 0 Å². The number of fused-ring (bicyclic) bond motifs is 1. The molecular weight excluding hydrogens is 431 g/mol. The maximum Gasteiger partial charge on any atom is 0.403 e. The normalized spacial score (nSPS) is 24.4. The third kappa shape index (κ3) is 5.49. The van der Waals surface area contributed by atoms with E-state index in [1.165, 1.54) is 13.3 Å². The van der Waals surface area contributed by atoms with E-state index < -0.39 is 37.6 Å². The third-order valence-electron chi connectivity index (χ3n) is 4.68. The summed E-state index contributed by atoms with van der Waals surface area (Å²) >= 11 is 0. The van der Waals surface area contributed by atoms with Crippen molar-refractivity contribution in [2.75, 3.05) is 12.3 Å². The molecule has 5 N–H and O–H groups in total. The molecule has 3 heterocycles. The second-order valence-electron chi connectivity index (χ2n) is 7.79. The summed E-state index contributed by atoms with van der Waals surface area (Å²) in [6.45, 7) is 6.51. The second kappa shape index (κ2) is 9.05. The molecule has 2 aromatic heterocycles. The molecule has 5 atom stereocenters. The van der Waals surface area contributed by atoms with E-state index in [9.17, 15) is 19.0 Å². The van der Waals surface area contributed by atoms with Crippen molar-refractivity contribution in [1.29, 1.82) is 0 Å². The standard InChI is InChI=1S/C17H27N6O7P/c1-8(2)29-16(25)10(4)22-31(26,27)28-6-11-5-9(3)15(30-11)23-7-19-12-13(23)20-17(18)21-14(12)24/h7-11,15H,5-6H2,1-4H3,(H2,22,26,27)(H3,18,20,21,24). The minimum Gasteiger partial charge on any atom is -0.462 e. The Morgan fingerprint density at radius 1 is 1.52 bits per heavy atom. The SMILES string of the molecule is CC(C)OC(=O)C(C)NP(=O)(O)OCC1CC(C)C(n2cnc3c(=O)[nH]c(N)nc32)O1. The molecule has 0 spiro atoms. The Morgan fingerprint density at radius 3 is 2.90 bits per heavy atom. The van der Waals surface area contributed by atoms with Crippen LogP contribution >= 0.6 is 7.75 Å². The van der Waals surface area contributed by atoms with Crippen LogP contribution in [-0.2, 0) is 23.4 Å². The molecule has 31 heavy (non-hydrogen) atoms. The molecule has 1 aliphatic heterocycles. The van der Waals surface area contributed by atoms with Crippen LogP contribution < -0.4 is 16.4 Å². The Labute approximate surface area is 177 Å². The third-order valence-corrected chi connectivity index (χ3v) is 5.89. The molecule has 14 heteroatoms. The molecule has 0 bridgehead atoms. The summed E-state index contributed by atoms with van der Waals surface area (Å²) in [7, 11) is -4.27. The smallest absolute Gasteiger partial charge is 0.403 e. The first-order chi connectivity index (χ1) is 14.5. The highest BCUT2D eigenvalue weighted by atomic mass is 31.2. The van der Waals surface area contributed by atoms with Crippen molar-refractivity contribution < 1.29 is 28.3 Å². The van der Waals surface area contributed by atoms with Gasteiger partial charge in [-0.05, 0) is 27.2 Å². The lowest BCUT2D eigenvalue weighted by Gasteiger charge is -2.21. The molecule has 1 saturated heterocycles. The number of hydrogen-bond acceptors (Lipinski definition) is 9. The number of esters is 1. The molecule has 0 saturated carbocycles. The molecule has 1 fully saturated rings. The summed E-state index contributed by atoms with van der Waals surface area (Å²) in [6.07, 6.45) is 0.599. The van der Waals surface area contributed by atoms with E-state index in [4.69, 9.17) is 19.7 Å². The molecule has 0 aliphatic carbocycles. The van der Waals surface area contributed by atoms with E-state index in [2.05, 4.69) is 20.0 Å². The number of rotatable bonds is 8. The number of aromatic nitrogens is 4. The molecule has 1 aliphatic rings. The van der Waals surface area contributed by atoms with Gasteiger partial charge in [-0.25, -0.2) is 14.6 Å². The van der Waals surface area contributed by atoms with E-state index in [0.717, 1.165) is 0 Å². The number of aromatic amines is 1. The molecular formula is C17H27N6O7P. The number of carbonyl (C=O) groups excluding carboxylic acids is 1. The summed E-state index contributed by atoms with van der Waals surface area (Å²) < 4.78 is 30.0. The van der Waals surface area contributed by atoms with E-state index in [0.29, 0.717) is 6.42 Å². The van der Waals surface area contributed by atoms with Gasteiger partial charge < -0.3 is 20.1 Å². The Hall–Kier alpha value is -2.31. The summed E-state index contributed by atoms with van der Waals surface area (Å²) in [6, 6.07) is -1.03. The molecule has 0 aromatic carbocycles. The fourth-order valence-corrected chi connectivity index (χ4v) is 4.39. The van der Waals surface area contributed by atoms with Crippen LogP contribution in [0.3, 0.4) is 0 Å². The quantitative estimate of drug-likeness (QED) is 0.322. The van der Waals surface area contributed by atoms with Crippen molar-refractivity contribution in [2.45, 2.75) is 58.6 Å². The predicted molar refractivity (Wildman–Crippen MR) is 110 cm³/mol. The number of ether oxygens (including phenoxy) is 2. The first kappa shape index (κ1) is 23.4.